The Morgan fingerprint density at radius 3 is 3.12 bits per heavy atom. The second-order valence-corrected chi connectivity index (χ2v) is 6.84. The van der Waals surface area contributed by atoms with Crippen LogP contribution in [-0.4, -0.2) is 15.5 Å². The van der Waals surface area contributed by atoms with Crippen molar-refractivity contribution in [2.24, 2.45) is 5.73 Å². The summed E-state index contributed by atoms with van der Waals surface area (Å²) >= 11 is 0. The molecule has 126 valence electrons. The maximum absolute atomic E-state index is 11.7. The molecule has 3 N–H and O–H groups in total. The lowest BCUT2D eigenvalue weighted by molar-refractivity contribution is 0.0999. The molecule has 0 radical (unpaired) electrons. The van der Waals surface area contributed by atoms with Crippen LogP contribution in [0.15, 0.2) is 24.4 Å². The summed E-state index contributed by atoms with van der Waals surface area (Å²) in [6.07, 6.45) is 8.55. The van der Waals surface area contributed by atoms with Gasteiger partial charge in [0.2, 0.25) is 0 Å². The summed E-state index contributed by atoms with van der Waals surface area (Å²) in [7, 11) is 0. The number of nitrogens with two attached hydrogens (primary N) is 1. The van der Waals surface area contributed by atoms with E-state index in [1.54, 1.807) is 0 Å². The molecule has 2 aliphatic rings. The molecule has 5 heteroatoms. The van der Waals surface area contributed by atoms with E-state index in [1.807, 2.05) is 18.3 Å². The van der Waals surface area contributed by atoms with Crippen LogP contribution in [0, 0.1) is 0 Å². The van der Waals surface area contributed by atoms with Gasteiger partial charge in [-0.05, 0) is 56.2 Å². The molecule has 0 unspecified atom stereocenters. The van der Waals surface area contributed by atoms with Crippen LogP contribution in [0.2, 0.25) is 0 Å². The highest BCUT2D eigenvalue weighted by atomic mass is 16.1. The van der Waals surface area contributed by atoms with Crippen LogP contribution in [-0.2, 0) is 25.9 Å². The third kappa shape index (κ3) is 2.73. The molecule has 5 nitrogen and oxygen atoms in total. The Labute approximate surface area is 142 Å². The normalized spacial score (nSPS) is 19.6. The molecule has 1 amide bonds. The maximum Gasteiger partial charge on any atom is 0.250 e. The Balaban J connectivity index is 1.56. The van der Waals surface area contributed by atoms with Gasteiger partial charge in [0.25, 0.3) is 5.91 Å². The number of carbonyl (C=O) groups is 1. The second kappa shape index (κ2) is 6.40. The molecule has 24 heavy (non-hydrogen) atoms. The molecule has 0 saturated carbocycles. The topological polar surface area (TPSA) is 72.9 Å². The second-order valence-electron chi connectivity index (χ2n) is 6.84. The molecule has 3 heterocycles. The largest absolute Gasteiger partial charge is 0.366 e. The van der Waals surface area contributed by atoms with Crippen molar-refractivity contribution in [1.82, 2.24) is 14.9 Å². The van der Waals surface area contributed by atoms with Gasteiger partial charge in [0.1, 0.15) is 0 Å². The summed E-state index contributed by atoms with van der Waals surface area (Å²) in [5.74, 6) is -0.309. The molecular weight excluding hydrogens is 300 g/mol. The highest BCUT2D eigenvalue weighted by molar-refractivity contribution is 5.94. The number of aryl methyl sites for hydroxylation is 1. The van der Waals surface area contributed by atoms with E-state index in [1.165, 1.54) is 29.8 Å². The van der Waals surface area contributed by atoms with Gasteiger partial charge in [-0.25, -0.2) is 0 Å². The molecule has 0 spiro atoms. The SMILES string of the molecule is NC(=O)c1cc(CN[C@H]2CCCc3cccnc32)n2c1CCCC2. The van der Waals surface area contributed by atoms with Crippen molar-refractivity contribution in [3.63, 3.8) is 0 Å². The van der Waals surface area contributed by atoms with E-state index < -0.39 is 0 Å². The number of rotatable bonds is 4. The lowest BCUT2D eigenvalue weighted by atomic mass is 9.92. The summed E-state index contributed by atoms with van der Waals surface area (Å²) in [5.41, 5.74) is 11.1. The summed E-state index contributed by atoms with van der Waals surface area (Å²) in [6, 6.07) is 6.48. The monoisotopic (exact) mass is 324 g/mol. The Hall–Kier alpha value is -2.14. The average molecular weight is 324 g/mol. The number of hydrogen-bond acceptors (Lipinski definition) is 3. The Morgan fingerprint density at radius 2 is 2.25 bits per heavy atom. The van der Waals surface area contributed by atoms with Crippen molar-refractivity contribution in [2.45, 2.75) is 57.7 Å². The van der Waals surface area contributed by atoms with Gasteiger partial charge in [0, 0.05) is 30.7 Å². The van der Waals surface area contributed by atoms with Crippen molar-refractivity contribution in [1.29, 1.82) is 0 Å². The van der Waals surface area contributed by atoms with E-state index in [-0.39, 0.29) is 5.91 Å². The third-order valence-corrected chi connectivity index (χ3v) is 5.33. The van der Waals surface area contributed by atoms with Crippen molar-refractivity contribution in [3.8, 4) is 0 Å². The van der Waals surface area contributed by atoms with Crippen LogP contribution >= 0.6 is 0 Å². The lowest BCUT2D eigenvalue weighted by Crippen LogP contribution is -2.27. The lowest BCUT2D eigenvalue weighted by Gasteiger charge is -2.26. The zero-order valence-corrected chi connectivity index (χ0v) is 13.9. The molecule has 2 aromatic heterocycles. The summed E-state index contributed by atoms with van der Waals surface area (Å²) in [5, 5.41) is 3.66. The minimum atomic E-state index is -0.309. The first-order valence-corrected chi connectivity index (χ1v) is 8.92. The molecule has 4 rings (SSSR count). The molecule has 0 fully saturated rings. The van der Waals surface area contributed by atoms with Gasteiger partial charge in [-0.15, -0.1) is 0 Å². The number of hydrogen-bond donors (Lipinski definition) is 2. The molecule has 2 aromatic rings. The van der Waals surface area contributed by atoms with Gasteiger partial charge in [0.05, 0.1) is 17.3 Å². The zero-order valence-electron chi connectivity index (χ0n) is 13.9. The van der Waals surface area contributed by atoms with Gasteiger partial charge in [0.15, 0.2) is 0 Å². The van der Waals surface area contributed by atoms with Crippen LogP contribution in [0.4, 0.5) is 0 Å². The van der Waals surface area contributed by atoms with Gasteiger partial charge in [-0.2, -0.15) is 0 Å². The van der Waals surface area contributed by atoms with Gasteiger partial charge >= 0.3 is 0 Å². The highest BCUT2D eigenvalue weighted by Crippen LogP contribution is 2.29. The predicted molar refractivity (Wildman–Crippen MR) is 92.6 cm³/mol. The fourth-order valence-electron chi connectivity index (χ4n) is 4.15. The first kappa shape index (κ1) is 15.4. The number of primary amides is 1. The molecule has 0 bridgehead atoms. The Morgan fingerprint density at radius 1 is 1.33 bits per heavy atom. The smallest absolute Gasteiger partial charge is 0.250 e. The maximum atomic E-state index is 11.7. The fraction of sp³-hybridized carbons (Fsp3) is 0.474. The predicted octanol–water partition coefficient (Wildman–Crippen LogP) is 2.49. The Bertz CT molecular complexity index is 765. The molecule has 0 aromatic carbocycles. The fourth-order valence-corrected chi connectivity index (χ4v) is 4.15. The van der Waals surface area contributed by atoms with E-state index in [4.69, 9.17) is 5.73 Å². The van der Waals surface area contributed by atoms with Crippen LogP contribution in [0.5, 0.6) is 0 Å². The van der Waals surface area contributed by atoms with Gasteiger partial charge in [-0.1, -0.05) is 6.07 Å². The summed E-state index contributed by atoms with van der Waals surface area (Å²) in [6.45, 7) is 1.74. The van der Waals surface area contributed by atoms with E-state index in [0.29, 0.717) is 11.6 Å². The minimum absolute atomic E-state index is 0.293. The molecule has 1 atom stereocenters. The highest BCUT2D eigenvalue weighted by Gasteiger charge is 2.24. The van der Waals surface area contributed by atoms with Crippen LogP contribution in [0.25, 0.3) is 0 Å². The van der Waals surface area contributed by atoms with Crippen molar-refractivity contribution in [2.75, 3.05) is 0 Å². The summed E-state index contributed by atoms with van der Waals surface area (Å²) in [4.78, 5) is 16.3. The molecule has 1 aliphatic carbocycles. The molecule has 1 aliphatic heterocycles. The van der Waals surface area contributed by atoms with Crippen molar-refractivity contribution < 1.29 is 4.79 Å². The van der Waals surface area contributed by atoms with Crippen LogP contribution < -0.4 is 11.1 Å². The van der Waals surface area contributed by atoms with E-state index >= 15 is 0 Å². The number of nitrogens with one attached hydrogen (secondary N) is 1. The number of amides is 1. The summed E-state index contributed by atoms with van der Waals surface area (Å²) < 4.78 is 2.29. The molecule has 0 saturated heterocycles. The number of nitrogens with zero attached hydrogens (tertiary/aromatic N) is 2. The zero-order chi connectivity index (χ0) is 16.5. The quantitative estimate of drug-likeness (QED) is 0.907. The molecular formula is C19H24N4O. The number of carbonyl (C=O) groups excluding carboxylic acids is 1. The number of aromatic nitrogens is 2. The van der Waals surface area contributed by atoms with E-state index in [0.717, 1.165) is 44.5 Å². The van der Waals surface area contributed by atoms with Crippen LogP contribution in [0.3, 0.4) is 0 Å². The Kier molecular flexibility index (Phi) is 4.10. The minimum Gasteiger partial charge on any atom is -0.366 e. The number of fused-ring (bicyclic) bond motifs is 2. The van der Waals surface area contributed by atoms with Gasteiger partial charge < -0.3 is 15.6 Å². The van der Waals surface area contributed by atoms with Gasteiger partial charge in [-0.3, -0.25) is 9.78 Å². The van der Waals surface area contributed by atoms with Crippen molar-refractivity contribution in [3.05, 3.63) is 52.6 Å². The van der Waals surface area contributed by atoms with E-state index in [2.05, 4.69) is 20.9 Å². The van der Waals surface area contributed by atoms with Crippen LogP contribution in [0.1, 0.15) is 64.7 Å². The third-order valence-electron chi connectivity index (χ3n) is 5.33. The first-order valence-electron chi connectivity index (χ1n) is 8.92. The standard InChI is InChI=1S/C19H24N4O/c20-19(24)15-11-14(23-10-2-1-8-17(15)23)12-22-16-7-3-5-13-6-4-9-21-18(13)16/h4,6,9,11,16,22H,1-3,5,7-8,10,12H2,(H2,20,24)/t16-/m0/s1. The van der Waals surface area contributed by atoms with E-state index in [9.17, 15) is 4.79 Å². The first-order chi connectivity index (χ1) is 11.7. The number of pyridine rings is 1. The average Bonchev–Trinajstić information content (AvgIpc) is 2.99. The van der Waals surface area contributed by atoms with Crippen molar-refractivity contribution >= 4 is 5.91 Å².